The van der Waals surface area contributed by atoms with Crippen LogP contribution in [-0.2, 0) is 0 Å². The van der Waals surface area contributed by atoms with E-state index in [4.69, 9.17) is 15.6 Å². The molecular weight excluding hydrogens is 240 g/mol. The van der Waals surface area contributed by atoms with E-state index in [1.807, 2.05) is 0 Å². The average molecular weight is 254 g/mol. The summed E-state index contributed by atoms with van der Waals surface area (Å²) < 4.78 is 30.9. The maximum Gasteiger partial charge on any atom is 0.289 e. The van der Waals surface area contributed by atoms with Gasteiger partial charge in [-0.25, -0.2) is 8.78 Å². The highest BCUT2D eigenvalue weighted by molar-refractivity contribution is 5.85. The van der Waals surface area contributed by atoms with E-state index in [0.717, 1.165) is 0 Å². The summed E-state index contributed by atoms with van der Waals surface area (Å²) in [7, 11) is 1.48. The summed E-state index contributed by atoms with van der Waals surface area (Å²) in [5.41, 5.74) is 5.58. The van der Waals surface area contributed by atoms with Crippen LogP contribution < -0.4 is 10.5 Å². The predicted molar refractivity (Wildman–Crippen MR) is 59.2 cm³/mol. The predicted octanol–water partition coefficient (Wildman–Crippen LogP) is 1.74. The Bertz CT molecular complexity index is 319. The number of hydrogen-bond donors (Lipinski definition) is 2. The summed E-state index contributed by atoms with van der Waals surface area (Å²) in [6.45, 7) is -1.26. The van der Waals surface area contributed by atoms with Crippen LogP contribution in [0.25, 0.3) is 0 Å². The van der Waals surface area contributed by atoms with Gasteiger partial charge < -0.3 is 15.6 Å². The van der Waals surface area contributed by atoms with E-state index in [1.165, 1.54) is 19.2 Å². The Hall–Kier alpha value is -0.910. The summed E-state index contributed by atoms with van der Waals surface area (Å²) in [5, 5.41) is 8.47. The van der Waals surface area contributed by atoms with Crippen LogP contribution in [0.4, 0.5) is 8.78 Å². The molecule has 0 unspecified atom stereocenters. The van der Waals surface area contributed by atoms with Gasteiger partial charge in [-0.2, -0.15) is 0 Å². The number of hydrogen-bond acceptors (Lipinski definition) is 3. The van der Waals surface area contributed by atoms with Gasteiger partial charge in [-0.05, 0) is 17.7 Å². The van der Waals surface area contributed by atoms with Gasteiger partial charge in [-0.1, -0.05) is 12.1 Å². The molecule has 0 aliphatic heterocycles. The van der Waals surface area contributed by atoms with Crippen molar-refractivity contribution in [3.63, 3.8) is 0 Å². The quantitative estimate of drug-likeness (QED) is 0.860. The fourth-order valence-electron chi connectivity index (χ4n) is 1.15. The normalized spacial score (nSPS) is 12.8. The number of rotatable bonds is 4. The lowest BCUT2D eigenvalue weighted by atomic mass is 10.0. The van der Waals surface area contributed by atoms with E-state index in [9.17, 15) is 8.78 Å². The number of benzene rings is 1. The monoisotopic (exact) mass is 253 g/mol. The third-order valence-electron chi connectivity index (χ3n) is 2.14. The highest BCUT2D eigenvalue weighted by Gasteiger charge is 2.37. The minimum absolute atomic E-state index is 0. The standard InChI is InChI=1S/C10H13F2NO2.ClH/c1-15-8-4-2-7(3-5-8)9(13)10(11,12)6-14;/h2-5,9,14H,6,13H2,1H3;1H/t9-;/m0./s1. The molecule has 3 N–H and O–H groups in total. The van der Waals surface area contributed by atoms with Gasteiger partial charge >= 0.3 is 0 Å². The molecule has 0 aromatic heterocycles. The van der Waals surface area contributed by atoms with Gasteiger partial charge in [-0.15, -0.1) is 12.4 Å². The van der Waals surface area contributed by atoms with E-state index in [1.54, 1.807) is 12.1 Å². The molecule has 3 nitrogen and oxygen atoms in total. The van der Waals surface area contributed by atoms with E-state index in [-0.39, 0.29) is 18.0 Å². The van der Waals surface area contributed by atoms with Crippen LogP contribution in [-0.4, -0.2) is 24.7 Å². The van der Waals surface area contributed by atoms with E-state index < -0.39 is 18.6 Å². The minimum Gasteiger partial charge on any atom is -0.497 e. The zero-order valence-electron chi connectivity index (χ0n) is 8.69. The highest BCUT2D eigenvalue weighted by atomic mass is 35.5. The van der Waals surface area contributed by atoms with E-state index in [2.05, 4.69) is 0 Å². The first-order valence-corrected chi connectivity index (χ1v) is 4.39. The number of alkyl halides is 2. The van der Waals surface area contributed by atoms with Crippen molar-refractivity contribution in [1.82, 2.24) is 0 Å². The Morgan fingerprint density at radius 2 is 1.88 bits per heavy atom. The molecule has 1 rings (SSSR count). The largest absolute Gasteiger partial charge is 0.497 e. The fourth-order valence-corrected chi connectivity index (χ4v) is 1.15. The summed E-state index contributed by atoms with van der Waals surface area (Å²) in [6.07, 6.45) is 0. The molecule has 0 aliphatic carbocycles. The van der Waals surface area contributed by atoms with Crippen molar-refractivity contribution in [2.75, 3.05) is 13.7 Å². The number of ether oxygens (including phenoxy) is 1. The van der Waals surface area contributed by atoms with Gasteiger partial charge in [-0.3, -0.25) is 0 Å². The van der Waals surface area contributed by atoms with Crippen molar-refractivity contribution < 1.29 is 18.6 Å². The van der Waals surface area contributed by atoms with Crippen molar-refractivity contribution >= 4 is 12.4 Å². The number of halogens is 3. The summed E-state index contributed by atoms with van der Waals surface area (Å²) in [4.78, 5) is 0. The Kier molecular flexibility index (Phi) is 5.64. The van der Waals surface area contributed by atoms with Crippen LogP contribution in [0.5, 0.6) is 5.75 Å². The molecule has 0 heterocycles. The summed E-state index contributed by atoms with van der Waals surface area (Å²) >= 11 is 0. The molecule has 1 atom stereocenters. The molecule has 0 fully saturated rings. The first-order chi connectivity index (χ1) is 7.01. The van der Waals surface area contributed by atoms with Crippen LogP contribution in [0.15, 0.2) is 24.3 Å². The lowest BCUT2D eigenvalue weighted by Crippen LogP contribution is -2.36. The van der Waals surface area contributed by atoms with E-state index in [0.29, 0.717) is 5.75 Å². The van der Waals surface area contributed by atoms with Crippen molar-refractivity contribution in [3.05, 3.63) is 29.8 Å². The van der Waals surface area contributed by atoms with E-state index >= 15 is 0 Å². The molecule has 0 bridgehead atoms. The third kappa shape index (κ3) is 3.30. The molecule has 0 saturated carbocycles. The maximum absolute atomic E-state index is 13.0. The van der Waals surface area contributed by atoms with Crippen molar-refractivity contribution in [2.24, 2.45) is 5.73 Å². The van der Waals surface area contributed by atoms with Crippen LogP contribution in [0, 0.1) is 0 Å². The second-order valence-corrected chi connectivity index (χ2v) is 3.17. The summed E-state index contributed by atoms with van der Waals surface area (Å²) in [5.74, 6) is -2.74. The van der Waals surface area contributed by atoms with Crippen LogP contribution in [0.3, 0.4) is 0 Å². The smallest absolute Gasteiger partial charge is 0.289 e. The first-order valence-electron chi connectivity index (χ1n) is 4.39. The fraction of sp³-hybridized carbons (Fsp3) is 0.400. The molecular formula is C10H14ClF2NO2. The molecule has 16 heavy (non-hydrogen) atoms. The van der Waals surface area contributed by atoms with Gasteiger partial charge in [0, 0.05) is 0 Å². The van der Waals surface area contributed by atoms with Crippen molar-refractivity contribution in [3.8, 4) is 5.75 Å². The van der Waals surface area contributed by atoms with Gasteiger partial charge in [0.1, 0.15) is 12.4 Å². The molecule has 0 saturated heterocycles. The van der Waals surface area contributed by atoms with Crippen LogP contribution >= 0.6 is 12.4 Å². The zero-order valence-corrected chi connectivity index (χ0v) is 9.51. The van der Waals surface area contributed by atoms with Gasteiger partial charge in [0.2, 0.25) is 0 Å². The average Bonchev–Trinajstić information content (AvgIpc) is 2.28. The molecule has 1 aromatic carbocycles. The van der Waals surface area contributed by atoms with Gasteiger partial charge in [0.05, 0.1) is 13.2 Å². The first kappa shape index (κ1) is 15.1. The topological polar surface area (TPSA) is 55.5 Å². The molecule has 0 amide bonds. The Morgan fingerprint density at radius 3 is 2.25 bits per heavy atom. The molecule has 6 heteroatoms. The lowest BCUT2D eigenvalue weighted by molar-refractivity contribution is -0.0711. The molecule has 92 valence electrons. The number of aliphatic hydroxyl groups excluding tert-OH is 1. The molecule has 1 aromatic rings. The van der Waals surface area contributed by atoms with Gasteiger partial charge in [0.25, 0.3) is 5.92 Å². The maximum atomic E-state index is 13.0. The number of aliphatic hydroxyl groups is 1. The van der Waals surface area contributed by atoms with Crippen molar-refractivity contribution in [1.29, 1.82) is 0 Å². The molecule has 0 radical (unpaired) electrons. The number of nitrogens with two attached hydrogens (primary N) is 1. The molecule has 0 aliphatic rings. The van der Waals surface area contributed by atoms with Crippen LogP contribution in [0.2, 0.25) is 0 Å². The third-order valence-corrected chi connectivity index (χ3v) is 2.14. The zero-order chi connectivity index (χ0) is 11.5. The SMILES string of the molecule is COc1ccc([C@H](N)C(F)(F)CO)cc1.Cl. The molecule has 0 spiro atoms. The van der Waals surface area contributed by atoms with Crippen molar-refractivity contribution in [2.45, 2.75) is 12.0 Å². The minimum atomic E-state index is -3.31. The second-order valence-electron chi connectivity index (χ2n) is 3.17. The summed E-state index contributed by atoms with van der Waals surface area (Å²) in [6, 6.07) is 4.49. The number of methoxy groups -OCH3 is 1. The van der Waals surface area contributed by atoms with Crippen LogP contribution in [0.1, 0.15) is 11.6 Å². The Balaban J connectivity index is 0.00000225. The Morgan fingerprint density at radius 1 is 1.38 bits per heavy atom. The second kappa shape index (κ2) is 5.98. The van der Waals surface area contributed by atoms with Gasteiger partial charge in [0.15, 0.2) is 0 Å². The Labute approximate surface area is 98.6 Å². The highest BCUT2D eigenvalue weighted by Crippen LogP contribution is 2.29. The lowest BCUT2D eigenvalue weighted by Gasteiger charge is -2.21.